The van der Waals surface area contributed by atoms with Gasteiger partial charge in [-0.15, -0.1) is 0 Å². The number of hydrogen-bond donors (Lipinski definition) is 0. The standard InChI is InChI=1S/C33H43ClN2O6/c1-22-30(27(24-11-14-28(34)35-19-24)18-29(37)36(22)20-26-8-7-16-39-26)31(38)40-21-23-9-12-25(13-10-23)42-33(5,6)15-17-41-32(2,3)4/h9-14,19,26-27H,7-8,15-18,20-21H2,1-6H3. The molecule has 9 heteroatoms. The zero-order valence-corrected chi connectivity index (χ0v) is 26.3. The third kappa shape index (κ3) is 8.79. The average molecular weight is 599 g/mol. The number of nitrogens with zero attached hydrogens (tertiary/aromatic N) is 2. The molecule has 2 unspecified atom stereocenters. The van der Waals surface area contributed by atoms with E-state index in [-0.39, 0.29) is 30.6 Å². The number of rotatable bonds is 11. The lowest BCUT2D eigenvalue weighted by Gasteiger charge is -2.35. The number of carbonyl (C=O) groups is 2. The second-order valence-corrected chi connectivity index (χ2v) is 13.0. The molecule has 2 aromatic rings. The Morgan fingerprint density at radius 2 is 1.86 bits per heavy atom. The molecule has 0 aliphatic carbocycles. The van der Waals surface area contributed by atoms with Gasteiger partial charge in [-0.3, -0.25) is 4.79 Å². The Bertz CT molecular complexity index is 1260. The van der Waals surface area contributed by atoms with Gasteiger partial charge >= 0.3 is 5.97 Å². The molecule has 1 aromatic carbocycles. The van der Waals surface area contributed by atoms with E-state index < -0.39 is 17.5 Å². The largest absolute Gasteiger partial charge is 0.488 e. The minimum atomic E-state index is -0.476. The molecule has 8 nitrogen and oxygen atoms in total. The minimum Gasteiger partial charge on any atom is -0.488 e. The van der Waals surface area contributed by atoms with E-state index in [4.69, 9.17) is 30.5 Å². The van der Waals surface area contributed by atoms with Crippen molar-refractivity contribution in [1.82, 2.24) is 9.88 Å². The topological polar surface area (TPSA) is 87.2 Å². The van der Waals surface area contributed by atoms with Crippen LogP contribution in [0.4, 0.5) is 0 Å². The molecule has 42 heavy (non-hydrogen) atoms. The lowest BCUT2D eigenvalue weighted by atomic mass is 9.84. The van der Waals surface area contributed by atoms with Crippen LogP contribution in [-0.4, -0.2) is 58.8 Å². The molecule has 1 saturated heterocycles. The van der Waals surface area contributed by atoms with Crippen molar-refractivity contribution >= 4 is 23.5 Å². The second-order valence-electron chi connectivity index (χ2n) is 12.6. The highest BCUT2D eigenvalue weighted by atomic mass is 35.5. The molecule has 1 aromatic heterocycles. The van der Waals surface area contributed by atoms with Crippen LogP contribution in [0.2, 0.25) is 5.15 Å². The van der Waals surface area contributed by atoms with Gasteiger partial charge in [-0.05, 0) is 83.7 Å². The zero-order valence-electron chi connectivity index (χ0n) is 25.6. The summed E-state index contributed by atoms with van der Waals surface area (Å²) in [6.07, 6.45) is 4.33. The van der Waals surface area contributed by atoms with Crippen molar-refractivity contribution in [2.24, 2.45) is 0 Å². The summed E-state index contributed by atoms with van der Waals surface area (Å²) in [5.74, 6) is -0.258. The van der Waals surface area contributed by atoms with Gasteiger partial charge in [0.05, 0.1) is 30.4 Å². The number of ether oxygens (including phenoxy) is 4. The Labute approximate surface area is 254 Å². The highest BCUT2D eigenvalue weighted by Gasteiger charge is 2.38. The predicted molar refractivity (Wildman–Crippen MR) is 161 cm³/mol. The minimum absolute atomic E-state index is 0.0355. The van der Waals surface area contributed by atoms with Crippen molar-refractivity contribution < 1.29 is 28.5 Å². The fourth-order valence-electron chi connectivity index (χ4n) is 5.22. The maximum atomic E-state index is 13.6. The molecule has 1 fully saturated rings. The van der Waals surface area contributed by atoms with Crippen LogP contribution in [0.3, 0.4) is 0 Å². The molecule has 1 amide bonds. The number of hydrogen-bond acceptors (Lipinski definition) is 7. The van der Waals surface area contributed by atoms with Crippen molar-refractivity contribution in [1.29, 1.82) is 0 Å². The first-order chi connectivity index (χ1) is 19.8. The van der Waals surface area contributed by atoms with Gasteiger partial charge in [0.25, 0.3) is 0 Å². The summed E-state index contributed by atoms with van der Waals surface area (Å²) >= 11 is 6.01. The molecular formula is C33H43ClN2O6. The van der Waals surface area contributed by atoms with Gasteiger partial charge in [0.1, 0.15) is 23.1 Å². The molecular weight excluding hydrogens is 556 g/mol. The maximum Gasteiger partial charge on any atom is 0.336 e. The lowest BCUT2D eigenvalue weighted by molar-refractivity contribution is -0.141. The first kappa shape index (κ1) is 32.0. The molecule has 0 radical (unpaired) electrons. The van der Waals surface area contributed by atoms with Gasteiger partial charge in [-0.1, -0.05) is 29.8 Å². The van der Waals surface area contributed by atoms with Crippen LogP contribution in [0, 0.1) is 0 Å². The Balaban J connectivity index is 1.45. The number of amides is 1. The lowest BCUT2D eigenvalue weighted by Crippen LogP contribution is -2.42. The smallest absolute Gasteiger partial charge is 0.336 e. The third-order valence-electron chi connectivity index (χ3n) is 7.53. The zero-order chi connectivity index (χ0) is 30.5. The van der Waals surface area contributed by atoms with E-state index in [2.05, 4.69) is 4.98 Å². The van der Waals surface area contributed by atoms with E-state index in [9.17, 15) is 9.59 Å². The monoisotopic (exact) mass is 598 g/mol. The van der Waals surface area contributed by atoms with Crippen LogP contribution in [0.5, 0.6) is 5.75 Å². The van der Waals surface area contributed by atoms with Gasteiger partial charge in [-0.2, -0.15) is 0 Å². The van der Waals surface area contributed by atoms with Crippen LogP contribution in [-0.2, 0) is 30.4 Å². The summed E-state index contributed by atoms with van der Waals surface area (Å²) in [6, 6.07) is 11.0. The molecule has 0 bridgehead atoms. The molecule has 228 valence electrons. The third-order valence-corrected chi connectivity index (χ3v) is 7.76. The van der Waals surface area contributed by atoms with Crippen LogP contribution in [0.25, 0.3) is 0 Å². The highest BCUT2D eigenvalue weighted by Crippen LogP contribution is 2.38. The number of halogens is 1. The number of carbonyl (C=O) groups excluding carboxylic acids is 2. The van der Waals surface area contributed by atoms with Crippen molar-refractivity contribution in [3.05, 3.63) is 70.1 Å². The fourth-order valence-corrected chi connectivity index (χ4v) is 5.34. The van der Waals surface area contributed by atoms with Crippen LogP contribution in [0.15, 0.2) is 53.9 Å². The number of aromatic nitrogens is 1. The van der Waals surface area contributed by atoms with E-state index in [1.807, 2.05) is 58.9 Å². The first-order valence-corrected chi connectivity index (χ1v) is 15.0. The summed E-state index contributed by atoms with van der Waals surface area (Å²) < 4.78 is 23.6. The number of benzene rings is 1. The molecule has 0 spiro atoms. The first-order valence-electron chi connectivity index (χ1n) is 14.6. The predicted octanol–water partition coefficient (Wildman–Crippen LogP) is 6.61. The molecule has 4 rings (SSSR count). The van der Waals surface area contributed by atoms with Crippen LogP contribution >= 0.6 is 11.6 Å². The summed E-state index contributed by atoms with van der Waals surface area (Å²) in [5, 5.41) is 0.347. The molecule has 0 saturated carbocycles. The Morgan fingerprint density at radius 3 is 2.48 bits per heavy atom. The van der Waals surface area contributed by atoms with Crippen molar-refractivity contribution in [3.63, 3.8) is 0 Å². The quantitative estimate of drug-likeness (QED) is 0.212. The van der Waals surface area contributed by atoms with E-state index in [0.717, 1.165) is 36.1 Å². The molecule has 2 atom stereocenters. The Hall–Kier alpha value is -2.94. The Kier molecular flexibility index (Phi) is 10.3. The van der Waals surface area contributed by atoms with E-state index >= 15 is 0 Å². The molecule has 2 aliphatic heterocycles. The van der Waals surface area contributed by atoms with Crippen molar-refractivity contribution in [2.75, 3.05) is 19.8 Å². The Morgan fingerprint density at radius 1 is 1.12 bits per heavy atom. The second kappa shape index (κ2) is 13.6. The number of pyridine rings is 1. The van der Waals surface area contributed by atoms with E-state index in [1.165, 1.54) is 0 Å². The number of allylic oxidation sites excluding steroid dienone is 1. The van der Waals surface area contributed by atoms with E-state index in [1.54, 1.807) is 30.2 Å². The summed E-state index contributed by atoms with van der Waals surface area (Å²) in [4.78, 5) is 32.7. The molecule has 0 N–H and O–H groups in total. The summed E-state index contributed by atoms with van der Waals surface area (Å²) in [6.45, 7) is 13.8. The van der Waals surface area contributed by atoms with Gasteiger partial charge in [-0.25, -0.2) is 9.78 Å². The maximum absolute atomic E-state index is 13.6. The summed E-state index contributed by atoms with van der Waals surface area (Å²) in [7, 11) is 0. The van der Waals surface area contributed by atoms with Gasteiger partial charge in [0.2, 0.25) is 5.91 Å². The number of esters is 1. The highest BCUT2D eigenvalue weighted by molar-refractivity contribution is 6.29. The van der Waals surface area contributed by atoms with Crippen LogP contribution < -0.4 is 4.74 Å². The van der Waals surface area contributed by atoms with Gasteiger partial charge in [0, 0.05) is 37.3 Å². The van der Waals surface area contributed by atoms with Gasteiger partial charge in [0.15, 0.2) is 0 Å². The van der Waals surface area contributed by atoms with Crippen molar-refractivity contribution in [2.45, 2.75) is 97.1 Å². The average Bonchev–Trinajstić information content (AvgIpc) is 3.43. The molecule has 2 aliphatic rings. The van der Waals surface area contributed by atoms with Gasteiger partial charge < -0.3 is 23.8 Å². The fraction of sp³-hybridized carbons (Fsp3) is 0.545. The van der Waals surface area contributed by atoms with Crippen LogP contribution in [0.1, 0.15) is 84.3 Å². The normalized spacial score (nSPS) is 19.8. The van der Waals surface area contributed by atoms with E-state index in [0.29, 0.717) is 36.2 Å². The SMILES string of the molecule is CC1=C(C(=O)OCc2ccc(OC(C)(C)CCOC(C)(C)C)cc2)C(c2ccc(Cl)nc2)CC(=O)N1CC1CCCO1. The van der Waals surface area contributed by atoms with Crippen molar-refractivity contribution in [3.8, 4) is 5.75 Å². The summed E-state index contributed by atoms with van der Waals surface area (Å²) in [5.41, 5.74) is 2.03. The molecule has 3 heterocycles.